The largest absolute Gasteiger partial charge is 0.497 e. The molecule has 14 heteroatoms. The molecule has 3 aliphatic rings. The van der Waals surface area contributed by atoms with Crippen LogP contribution in [0.15, 0.2) is 65.9 Å². The van der Waals surface area contributed by atoms with E-state index in [2.05, 4.69) is 18.0 Å². The highest BCUT2D eigenvalue weighted by atomic mass is 16.7. The Morgan fingerprint density at radius 2 is 1.75 bits per heavy atom. The Morgan fingerprint density at radius 1 is 1.02 bits per heavy atom. The van der Waals surface area contributed by atoms with E-state index in [0.717, 1.165) is 36.8 Å². The van der Waals surface area contributed by atoms with E-state index >= 15 is 0 Å². The SMILES string of the molecule is C=CCO[C@@]12Oc3ccc(OC(=O)Nc4ccc(OC)cc4OC)cc3[C@H]3[C@H](CCCCO)[C@@H](CCCCO)C=C(C(=NOC(C)(C)C)C[C@@H]1N(CCC)C(=O)OCC)[C@H]32. The Bertz CT molecular complexity index is 1840. The van der Waals surface area contributed by atoms with Crippen LogP contribution >= 0.6 is 0 Å². The second kappa shape index (κ2) is 21.1. The number of rotatable bonds is 20. The number of unbranched alkanes of at least 4 members (excludes halogenated alkanes) is 2. The molecule has 330 valence electrons. The highest BCUT2D eigenvalue weighted by Crippen LogP contribution is 2.62. The highest BCUT2D eigenvalue weighted by Gasteiger charge is 2.65. The number of allylic oxidation sites excluding steroid dienone is 1. The summed E-state index contributed by atoms with van der Waals surface area (Å²) in [5.41, 5.74) is 2.19. The number of benzene rings is 2. The van der Waals surface area contributed by atoms with E-state index < -0.39 is 35.5 Å². The third kappa shape index (κ3) is 10.6. The molecule has 0 unspecified atom stereocenters. The molecule has 0 radical (unpaired) electrons. The molecule has 5 rings (SSSR count). The number of oxime groups is 1. The van der Waals surface area contributed by atoms with E-state index in [4.69, 9.17) is 38.4 Å². The number of nitrogens with one attached hydrogen (secondary N) is 1. The van der Waals surface area contributed by atoms with Gasteiger partial charge in [-0.15, -0.1) is 6.58 Å². The molecule has 1 fully saturated rings. The topological polar surface area (TPSA) is 167 Å². The Hall–Kier alpha value is -4.79. The number of ether oxygens (including phenoxy) is 6. The molecule has 0 aromatic heterocycles. The number of anilines is 1. The Kier molecular flexibility index (Phi) is 16.3. The quantitative estimate of drug-likeness (QED) is 0.0664. The van der Waals surface area contributed by atoms with Crippen LogP contribution < -0.4 is 24.3 Å². The molecule has 2 aromatic carbocycles. The summed E-state index contributed by atoms with van der Waals surface area (Å²) < 4.78 is 36.6. The maximum atomic E-state index is 14.0. The normalized spacial score (nSPS) is 23.6. The van der Waals surface area contributed by atoms with Gasteiger partial charge in [0.2, 0.25) is 5.79 Å². The van der Waals surface area contributed by atoms with Gasteiger partial charge in [0.05, 0.1) is 44.8 Å². The zero-order valence-electron chi connectivity index (χ0n) is 36.4. The molecular formula is C46H65N3O11. The summed E-state index contributed by atoms with van der Waals surface area (Å²) in [6, 6.07) is 9.68. The lowest BCUT2D eigenvalue weighted by Gasteiger charge is -2.60. The molecule has 1 aliphatic heterocycles. The number of nitrogens with zero attached hydrogens (tertiary/aromatic N) is 2. The van der Waals surface area contributed by atoms with Gasteiger partial charge in [-0.3, -0.25) is 10.2 Å². The van der Waals surface area contributed by atoms with E-state index in [9.17, 15) is 19.8 Å². The predicted molar refractivity (Wildman–Crippen MR) is 229 cm³/mol. The zero-order valence-corrected chi connectivity index (χ0v) is 36.4. The van der Waals surface area contributed by atoms with Crippen molar-refractivity contribution in [2.24, 2.45) is 22.9 Å². The standard InChI is InChI=1S/C46H65N3O11/c1-9-22-49(44(53)56-11-3)40-29-37(48-60-45(4,5)6)34-26-30(16-12-14-23-50)33(17-13-15-24-51)41-35-27-32(19-21-38(35)59-46(40,42(34)41)57-25-10-2)58-43(52)47-36-20-18-31(54-7)28-39(36)55-8/h10,18-21,26-28,30,33,40-42,50-51H,2,9,11-17,22-25,29H2,1,3-8H3,(H,47,52)/t30-,33+,40-,41+,42+,46+/m0/s1. The Morgan fingerprint density at radius 3 is 2.40 bits per heavy atom. The molecule has 1 heterocycles. The van der Waals surface area contributed by atoms with Crippen LogP contribution in [0.4, 0.5) is 15.3 Å². The molecular weight excluding hydrogens is 771 g/mol. The lowest BCUT2D eigenvalue weighted by molar-refractivity contribution is -0.255. The van der Waals surface area contributed by atoms with Gasteiger partial charge in [0.25, 0.3) is 0 Å². The van der Waals surface area contributed by atoms with Gasteiger partial charge in [-0.1, -0.05) is 37.1 Å². The minimum absolute atomic E-state index is 0.0169. The lowest BCUT2D eigenvalue weighted by Crippen LogP contribution is -2.70. The van der Waals surface area contributed by atoms with Crippen molar-refractivity contribution >= 4 is 23.6 Å². The second-order valence-electron chi connectivity index (χ2n) is 16.4. The molecule has 6 atom stereocenters. The number of methoxy groups -OCH3 is 2. The van der Waals surface area contributed by atoms with Gasteiger partial charge < -0.3 is 43.5 Å². The van der Waals surface area contributed by atoms with Crippen LogP contribution in [0.25, 0.3) is 0 Å². The van der Waals surface area contributed by atoms with Gasteiger partial charge in [-0.2, -0.15) is 0 Å². The highest BCUT2D eigenvalue weighted by molar-refractivity contribution is 6.03. The number of hydrogen-bond donors (Lipinski definition) is 3. The number of hydrogen-bond acceptors (Lipinski definition) is 12. The van der Waals surface area contributed by atoms with Gasteiger partial charge in [-0.05, 0) is 108 Å². The van der Waals surface area contributed by atoms with Crippen LogP contribution in [0.1, 0.15) is 97.5 Å². The summed E-state index contributed by atoms with van der Waals surface area (Å²) in [6.45, 7) is 14.4. The fourth-order valence-corrected chi connectivity index (χ4v) is 8.87. The molecule has 2 aliphatic carbocycles. The number of fused-ring (bicyclic) bond motifs is 2. The van der Waals surface area contributed by atoms with Crippen LogP contribution in [0.2, 0.25) is 0 Å². The molecule has 1 saturated carbocycles. The number of amides is 2. The van der Waals surface area contributed by atoms with Crippen molar-refractivity contribution in [1.82, 2.24) is 4.90 Å². The maximum Gasteiger partial charge on any atom is 0.417 e. The minimum atomic E-state index is -1.43. The number of aliphatic hydroxyl groups is 2. The van der Waals surface area contributed by atoms with Crippen LogP contribution in [0.5, 0.6) is 23.0 Å². The first-order valence-electron chi connectivity index (χ1n) is 21.3. The molecule has 2 aromatic rings. The van der Waals surface area contributed by atoms with Crippen molar-refractivity contribution in [2.45, 2.75) is 109 Å². The fourth-order valence-electron chi connectivity index (χ4n) is 8.87. The first-order valence-corrected chi connectivity index (χ1v) is 21.3. The van der Waals surface area contributed by atoms with E-state index in [1.54, 1.807) is 55.3 Å². The van der Waals surface area contributed by atoms with Crippen molar-refractivity contribution in [2.75, 3.05) is 52.5 Å². The Labute approximate surface area is 354 Å². The van der Waals surface area contributed by atoms with Crippen LogP contribution in [-0.2, 0) is 14.3 Å². The van der Waals surface area contributed by atoms with Crippen molar-refractivity contribution in [3.8, 4) is 23.0 Å². The summed E-state index contributed by atoms with van der Waals surface area (Å²) in [6.07, 6.45) is 8.01. The summed E-state index contributed by atoms with van der Waals surface area (Å²) in [5.74, 6) is -0.463. The van der Waals surface area contributed by atoms with Gasteiger partial charge in [0.1, 0.15) is 34.6 Å². The lowest BCUT2D eigenvalue weighted by atomic mass is 9.55. The van der Waals surface area contributed by atoms with Crippen LogP contribution in [0, 0.1) is 17.8 Å². The van der Waals surface area contributed by atoms with Crippen molar-refractivity contribution < 1.29 is 53.1 Å². The van der Waals surface area contributed by atoms with Crippen molar-refractivity contribution in [3.63, 3.8) is 0 Å². The fraction of sp³-hybridized carbons (Fsp3) is 0.587. The Balaban J connectivity index is 1.73. The third-order valence-electron chi connectivity index (χ3n) is 11.3. The van der Waals surface area contributed by atoms with Crippen LogP contribution in [-0.4, -0.2) is 97.6 Å². The van der Waals surface area contributed by atoms with Crippen molar-refractivity contribution in [3.05, 3.63) is 66.3 Å². The zero-order chi connectivity index (χ0) is 43.5. The smallest absolute Gasteiger partial charge is 0.417 e. The summed E-state index contributed by atoms with van der Waals surface area (Å²) in [4.78, 5) is 35.4. The van der Waals surface area contributed by atoms with Gasteiger partial charge in [0.15, 0.2) is 0 Å². The van der Waals surface area contributed by atoms with Crippen molar-refractivity contribution in [1.29, 1.82) is 0 Å². The predicted octanol–water partition coefficient (Wildman–Crippen LogP) is 8.62. The molecule has 0 bridgehead atoms. The van der Waals surface area contributed by atoms with Crippen LogP contribution in [0.3, 0.4) is 0 Å². The van der Waals surface area contributed by atoms with Gasteiger partial charge in [-0.25, -0.2) is 9.59 Å². The summed E-state index contributed by atoms with van der Waals surface area (Å²) in [5, 5.41) is 27.4. The molecule has 0 spiro atoms. The first kappa shape index (κ1) is 46.3. The van der Waals surface area contributed by atoms with E-state index in [-0.39, 0.29) is 50.6 Å². The van der Waals surface area contributed by atoms with Gasteiger partial charge in [0, 0.05) is 43.7 Å². The average Bonchev–Trinajstić information content (AvgIpc) is 3.22. The molecule has 0 saturated heterocycles. The molecule has 3 N–H and O–H groups in total. The monoisotopic (exact) mass is 835 g/mol. The molecule has 60 heavy (non-hydrogen) atoms. The minimum Gasteiger partial charge on any atom is -0.497 e. The first-order chi connectivity index (χ1) is 28.9. The summed E-state index contributed by atoms with van der Waals surface area (Å²) >= 11 is 0. The maximum absolute atomic E-state index is 14.0. The third-order valence-corrected chi connectivity index (χ3v) is 11.3. The van der Waals surface area contributed by atoms with E-state index in [1.165, 1.54) is 7.11 Å². The average molecular weight is 836 g/mol. The molecule has 14 nitrogen and oxygen atoms in total. The summed E-state index contributed by atoms with van der Waals surface area (Å²) in [7, 11) is 3.05. The van der Waals surface area contributed by atoms with E-state index in [0.29, 0.717) is 60.2 Å². The number of aliphatic hydroxyl groups excluding tert-OH is 2. The number of carbonyl (C=O) groups is 2. The molecule has 2 amide bonds. The van der Waals surface area contributed by atoms with Gasteiger partial charge >= 0.3 is 12.2 Å². The number of carbonyl (C=O) groups excluding carboxylic acids is 2. The second-order valence-corrected chi connectivity index (χ2v) is 16.4. The van der Waals surface area contributed by atoms with E-state index in [1.807, 2.05) is 33.8 Å².